The summed E-state index contributed by atoms with van der Waals surface area (Å²) in [5, 5.41) is 6.12. The summed E-state index contributed by atoms with van der Waals surface area (Å²) in [5.74, 6) is -1.74. The molecule has 0 aliphatic heterocycles. The molecular weight excluding hydrogens is 349 g/mol. The van der Waals surface area contributed by atoms with Crippen molar-refractivity contribution in [3.05, 3.63) is 64.4 Å². The molecule has 0 aromatic heterocycles. The summed E-state index contributed by atoms with van der Waals surface area (Å²) in [6, 6.07) is 11.1. The molecule has 0 unspecified atom stereocenters. The average molecular weight is 364 g/mol. The highest BCUT2D eigenvalue weighted by Crippen LogP contribution is 2.16. The first-order valence-electron chi connectivity index (χ1n) is 7.19. The second kappa shape index (κ2) is 8.79. The maximum absolute atomic E-state index is 13.5. The van der Waals surface area contributed by atoms with E-state index in [1.807, 2.05) is 5.43 Å². The molecule has 0 saturated heterocycles. The Hall–Kier alpha value is -2.93. The van der Waals surface area contributed by atoms with E-state index >= 15 is 0 Å². The topological polar surface area (TPSA) is 79.8 Å². The largest absolute Gasteiger partial charge is 0.497 e. The Morgan fingerprint density at radius 1 is 1.20 bits per heavy atom. The molecular formula is C17H15ClFN3O3. The summed E-state index contributed by atoms with van der Waals surface area (Å²) in [4.78, 5) is 23.3. The van der Waals surface area contributed by atoms with Crippen molar-refractivity contribution in [3.63, 3.8) is 0 Å². The molecule has 2 aromatic carbocycles. The molecule has 0 spiro atoms. The zero-order valence-electron chi connectivity index (χ0n) is 13.3. The van der Waals surface area contributed by atoms with Gasteiger partial charge in [0.05, 0.1) is 18.3 Å². The van der Waals surface area contributed by atoms with Crippen LogP contribution in [0.4, 0.5) is 4.39 Å². The SMILES string of the molecule is COc1ccc(CNC(=O)C(=O)N/N=C/c2c(F)cccc2Cl)cc1. The minimum atomic E-state index is -0.975. The molecule has 25 heavy (non-hydrogen) atoms. The van der Waals surface area contributed by atoms with E-state index in [2.05, 4.69) is 10.4 Å². The second-order valence-electron chi connectivity index (χ2n) is 4.87. The molecule has 0 saturated carbocycles. The van der Waals surface area contributed by atoms with Crippen molar-refractivity contribution in [2.75, 3.05) is 7.11 Å². The van der Waals surface area contributed by atoms with Crippen LogP contribution < -0.4 is 15.5 Å². The quantitative estimate of drug-likeness (QED) is 0.486. The van der Waals surface area contributed by atoms with Gasteiger partial charge in [-0.3, -0.25) is 9.59 Å². The number of amides is 2. The molecule has 2 N–H and O–H groups in total. The number of ether oxygens (including phenoxy) is 1. The van der Waals surface area contributed by atoms with Crippen LogP contribution in [0.2, 0.25) is 5.02 Å². The Morgan fingerprint density at radius 2 is 1.92 bits per heavy atom. The van der Waals surface area contributed by atoms with E-state index in [0.29, 0.717) is 5.75 Å². The number of carbonyl (C=O) groups is 2. The number of hydrazone groups is 1. The van der Waals surface area contributed by atoms with Gasteiger partial charge in [-0.15, -0.1) is 0 Å². The Balaban J connectivity index is 1.85. The summed E-state index contributed by atoms with van der Waals surface area (Å²) < 4.78 is 18.5. The van der Waals surface area contributed by atoms with Crippen LogP contribution in [0.25, 0.3) is 0 Å². The molecule has 0 fully saturated rings. The Labute approximate surface area is 148 Å². The van der Waals surface area contributed by atoms with Crippen molar-refractivity contribution in [2.24, 2.45) is 5.10 Å². The molecule has 0 bridgehead atoms. The molecule has 0 aliphatic carbocycles. The fraction of sp³-hybridized carbons (Fsp3) is 0.118. The normalized spacial score (nSPS) is 10.5. The highest BCUT2D eigenvalue weighted by Gasteiger charge is 2.12. The molecule has 0 radical (unpaired) electrons. The number of methoxy groups -OCH3 is 1. The maximum Gasteiger partial charge on any atom is 0.329 e. The van der Waals surface area contributed by atoms with Crippen molar-refractivity contribution in [2.45, 2.75) is 6.54 Å². The van der Waals surface area contributed by atoms with Crippen molar-refractivity contribution < 1.29 is 18.7 Å². The minimum absolute atomic E-state index is 0.0168. The standard InChI is InChI=1S/C17H15ClFN3O3/c1-25-12-7-5-11(6-8-12)9-20-16(23)17(24)22-21-10-13-14(18)3-2-4-15(13)19/h2-8,10H,9H2,1H3,(H,20,23)(H,22,24)/b21-10+. The smallest absolute Gasteiger partial charge is 0.329 e. The first-order valence-corrected chi connectivity index (χ1v) is 7.57. The third-order valence-corrected chi connectivity index (χ3v) is 3.51. The van der Waals surface area contributed by atoms with E-state index in [0.717, 1.165) is 11.8 Å². The predicted molar refractivity (Wildman–Crippen MR) is 92.0 cm³/mol. The molecule has 0 heterocycles. The number of halogens is 2. The zero-order valence-corrected chi connectivity index (χ0v) is 14.0. The first-order chi connectivity index (χ1) is 12.0. The van der Waals surface area contributed by atoms with Crippen LogP contribution in [0, 0.1) is 5.82 Å². The minimum Gasteiger partial charge on any atom is -0.497 e. The third-order valence-electron chi connectivity index (χ3n) is 3.18. The number of hydrogen-bond acceptors (Lipinski definition) is 4. The van der Waals surface area contributed by atoms with Crippen LogP contribution in [-0.4, -0.2) is 25.1 Å². The fourth-order valence-electron chi connectivity index (χ4n) is 1.85. The number of hydrogen-bond donors (Lipinski definition) is 2. The summed E-state index contributed by atoms with van der Waals surface area (Å²) in [5.41, 5.74) is 2.82. The van der Waals surface area contributed by atoms with E-state index in [9.17, 15) is 14.0 Å². The lowest BCUT2D eigenvalue weighted by Gasteiger charge is -2.05. The van der Waals surface area contributed by atoms with Crippen molar-refractivity contribution in [1.29, 1.82) is 0 Å². The maximum atomic E-state index is 13.5. The van der Waals surface area contributed by atoms with Gasteiger partial charge in [0.2, 0.25) is 0 Å². The van der Waals surface area contributed by atoms with E-state index in [4.69, 9.17) is 16.3 Å². The van der Waals surface area contributed by atoms with E-state index < -0.39 is 17.6 Å². The lowest BCUT2D eigenvalue weighted by Crippen LogP contribution is -2.37. The summed E-state index contributed by atoms with van der Waals surface area (Å²) in [7, 11) is 1.55. The van der Waals surface area contributed by atoms with Crippen LogP contribution in [0.5, 0.6) is 5.75 Å². The van der Waals surface area contributed by atoms with Crippen LogP contribution in [-0.2, 0) is 16.1 Å². The van der Waals surface area contributed by atoms with Gasteiger partial charge in [0.25, 0.3) is 0 Å². The van der Waals surface area contributed by atoms with E-state index in [1.165, 1.54) is 18.2 Å². The monoisotopic (exact) mass is 363 g/mol. The van der Waals surface area contributed by atoms with Gasteiger partial charge in [0.15, 0.2) is 0 Å². The van der Waals surface area contributed by atoms with Crippen molar-refractivity contribution in [3.8, 4) is 5.75 Å². The number of rotatable bonds is 5. The van der Waals surface area contributed by atoms with Gasteiger partial charge in [-0.1, -0.05) is 29.8 Å². The average Bonchev–Trinajstić information content (AvgIpc) is 2.62. The molecule has 0 atom stereocenters. The van der Waals surface area contributed by atoms with E-state index in [1.54, 1.807) is 31.4 Å². The third kappa shape index (κ3) is 5.29. The molecule has 2 aromatic rings. The summed E-state index contributed by atoms with van der Waals surface area (Å²) in [6.07, 6.45) is 1.03. The van der Waals surface area contributed by atoms with Crippen LogP contribution in [0.15, 0.2) is 47.6 Å². The Bertz CT molecular complexity index is 774. The summed E-state index contributed by atoms with van der Waals surface area (Å²) >= 11 is 5.81. The lowest BCUT2D eigenvalue weighted by molar-refractivity contribution is -0.139. The first kappa shape index (κ1) is 18.4. The van der Waals surface area contributed by atoms with Crippen molar-refractivity contribution >= 4 is 29.6 Å². The van der Waals surface area contributed by atoms with Gasteiger partial charge in [-0.2, -0.15) is 5.10 Å². The van der Waals surface area contributed by atoms with Crippen LogP contribution >= 0.6 is 11.6 Å². The van der Waals surface area contributed by atoms with E-state index in [-0.39, 0.29) is 17.1 Å². The van der Waals surface area contributed by atoms with Crippen LogP contribution in [0.1, 0.15) is 11.1 Å². The van der Waals surface area contributed by atoms with Gasteiger partial charge in [0, 0.05) is 12.1 Å². The Kier molecular flexibility index (Phi) is 6.47. The molecule has 130 valence electrons. The molecule has 8 heteroatoms. The number of nitrogens with zero attached hydrogens (tertiary/aromatic N) is 1. The highest BCUT2D eigenvalue weighted by atomic mass is 35.5. The zero-order chi connectivity index (χ0) is 18.2. The lowest BCUT2D eigenvalue weighted by atomic mass is 10.2. The van der Waals surface area contributed by atoms with Crippen LogP contribution in [0.3, 0.4) is 0 Å². The summed E-state index contributed by atoms with van der Waals surface area (Å²) in [6.45, 7) is 0.166. The van der Waals surface area contributed by atoms with Gasteiger partial charge in [-0.25, -0.2) is 9.82 Å². The fourth-order valence-corrected chi connectivity index (χ4v) is 2.06. The van der Waals surface area contributed by atoms with Gasteiger partial charge < -0.3 is 10.1 Å². The number of nitrogens with one attached hydrogen (secondary N) is 2. The predicted octanol–water partition coefficient (Wildman–Crippen LogP) is 2.25. The second-order valence-corrected chi connectivity index (χ2v) is 5.27. The number of carbonyl (C=O) groups excluding carboxylic acids is 2. The molecule has 2 rings (SSSR count). The van der Waals surface area contributed by atoms with Gasteiger partial charge >= 0.3 is 11.8 Å². The van der Waals surface area contributed by atoms with Gasteiger partial charge in [-0.05, 0) is 29.8 Å². The molecule has 2 amide bonds. The highest BCUT2D eigenvalue weighted by molar-refractivity contribution is 6.35. The van der Waals surface area contributed by atoms with Gasteiger partial charge in [0.1, 0.15) is 11.6 Å². The Morgan fingerprint density at radius 3 is 2.56 bits per heavy atom. The number of benzene rings is 2. The molecule has 0 aliphatic rings. The molecule has 6 nitrogen and oxygen atoms in total. The van der Waals surface area contributed by atoms with Crippen molar-refractivity contribution in [1.82, 2.24) is 10.7 Å².